The third-order valence-corrected chi connectivity index (χ3v) is 5.17. The van der Waals surface area contributed by atoms with Gasteiger partial charge in [0.1, 0.15) is 6.26 Å². The van der Waals surface area contributed by atoms with Crippen LogP contribution in [0.5, 0.6) is 0 Å². The summed E-state index contributed by atoms with van der Waals surface area (Å²) >= 11 is 0. The van der Waals surface area contributed by atoms with Crippen LogP contribution in [0.4, 0.5) is 0 Å². The van der Waals surface area contributed by atoms with Gasteiger partial charge in [-0.1, -0.05) is 0 Å². The molecule has 2 aliphatic heterocycles. The lowest BCUT2D eigenvalue weighted by atomic mass is 9.71. The van der Waals surface area contributed by atoms with Gasteiger partial charge in [-0.3, -0.25) is 9.59 Å². The fourth-order valence-corrected chi connectivity index (χ4v) is 3.74. The Morgan fingerprint density at radius 1 is 1.30 bits per heavy atom. The number of hydrogen-bond acceptors (Lipinski definition) is 4. The normalized spacial score (nSPS) is 21.0. The molecule has 0 atom stereocenters. The number of methoxy groups -OCH3 is 1. The summed E-state index contributed by atoms with van der Waals surface area (Å²) in [6.45, 7) is 3.32. The average molecular weight is 320 g/mol. The standard InChI is InChI=1S/C17H24N2O4/c1-22-12-10-19-7-2-4-17(16(19)21)5-8-18(9-6-17)15(20)14-3-11-23-13-14/h3,11,13H,2,4-10,12H2,1H3. The lowest BCUT2D eigenvalue weighted by Crippen LogP contribution is -2.54. The zero-order valence-corrected chi connectivity index (χ0v) is 13.6. The van der Waals surface area contributed by atoms with Crippen molar-refractivity contribution >= 4 is 11.8 Å². The zero-order valence-electron chi connectivity index (χ0n) is 13.6. The molecule has 3 rings (SSSR count). The number of carbonyl (C=O) groups is 2. The average Bonchev–Trinajstić information content (AvgIpc) is 3.11. The summed E-state index contributed by atoms with van der Waals surface area (Å²) < 4.78 is 10.1. The maximum Gasteiger partial charge on any atom is 0.257 e. The van der Waals surface area contributed by atoms with Crippen LogP contribution in [-0.4, -0.2) is 61.5 Å². The van der Waals surface area contributed by atoms with Gasteiger partial charge in [0.15, 0.2) is 0 Å². The third-order valence-electron chi connectivity index (χ3n) is 5.17. The molecule has 6 nitrogen and oxygen atoms in total. The fourth-order valence-electron chi connectivity index (χ4n) is 3.74. The Morgan fingerprint density at radius 2 is 2.09 bits per heavy atom. The highest BCUT2D eigenvalue weighted by Crippen LogP contribution is 2.41. The summed E-state index contributed by atoms with van der Waals surface area (Å²) in [4.78, 5) is 29.0. The van der Waals surface area contributed by atoms with Crippen LogP contribution in [0.2, 0.25) is 0 Å². The summed E-state index contributed by atoms with van der Waals surface area (Å²) in [5, 5.41) is 0. The second-order valence-corrected chi connectivity index (χ2v) is 6.47. The summed E-state index contributed by atoms with van der Waals surface area (Å²) in [6.07, 6.45) is 6.45. The Morgan fingerprint density at radius 3 is 2.74 bits per heavy atom. The lowest BCUT2D eigenvalue weighted by molar-refractivity contribution is -0.150. The van der Waals surface area contributed by atoms with Gasteiger partial charge < -0.3 is 19.0 Å². The molecule has 3 heterocycles. The van der Waals surface area contributed by atoms with Gasteiger partial charge in [-0.25, -0.2) is 0 Å². The third kappa shape index (κ3) is 3.13. The van der Waals surface area contributed by atoms with E-state index in [1.165, 1.54) is 12.5 Å². The van der Waals surface area contributed by atoms with Crippen molar-refractivity contribution < 1.29 is 18.7 Å². The first-order valence-corrected chi connectivity index (χ1v) is 8.26. The van der Waals surface area contributed by atoms with Crippen molar-refractivity contribution in [3.05, 3.63) is 24.2 Å². The van der Waals surface area contributed by atoms with Gasteiger partial charge in [-0.05, 0) is 31.7 Å². The molecule has 0 aromatic carbocycles. The molecule has 2 aliphatic rings. The van der Waals surface area contributed by atoms with Gasteiger partial charge in [-0.15, -0.1) is 0 Å². The first kappa shape index (κ1) is 16.1. The molecular formula is C17H24N2O4. The smallest absolute Gasteiger partial charge is 0.257 e. The van der Waals surface area contributed by atoms with Crippen LogP contribution in [0.1, 0.15) is 36.0 Å². The van der Waals surface area contributed by atoms with Crippen LogP contribution in [0.25, 0.3) is 0 Å². The zero-order chi connectivity index (χ0) is 16.3. The molecular weight excluding hydrogens is 296 g/mol. The molecule has 0 unspecified atom stereocenters. The second-order valence-electron chi connectivity index (χ2n) is 6.47. The summed E-state index contributed by atoms with van der Waals surface area (Å²) in [7, 11) is 1.66. The van der Waals surface area contributed by atoms with Gasteiger partial charge in [0.05, 0.1) is 23.8 Å². The van der Waals surface area contributed by atoms with E-state index < -0.39 is 0 Å². The number of furan rings is 1. The highest BCUT2D eigenvalue weighted by atomic mass is 16.5. The van der Waals surface area contributed by atoms with E-state index in [1.54, 1.807) is 13.2 Å². The Labute approximate surface area is 136 Å². The quantitative estimate of drug-likeness (QED) is 0.848. The van der Waals surface area contributed by atoms with Crippen molar-refractivity contribution in [2.75, 3.05) is 39.9 Å². The second kappa shape index (κ2) is 6.74. The molecule has 0 aliphatic carbocycles. The van der Waals surface area contributed by atoms with Crippen LogP contribution in [0, 0.1) is 5.41 Å². The monoisotopic (exact) mass is 320 g/mol. The highest BCUT2D eigenvalue weighted by Gasteiger charge is 2.46. The molecule has 1 spiro atoms. The molecule has 0 bridgehead atoms. The number of nitrogens with zero attached hydrogens (tertiary/aromatic N) is 2. The van der Waals surface area contributed by atoms with Crippen molar-refractivity contribution in [2.45, 2.75) is 25.7 Å². The molecule has 1 aromatic rings. The van der Waals surface area contributed by atoms with E-state index in [-0.39, 0.29) is 17.2 Å². The molecule has 0 radical (unpaired) electrons. The molecule has 2 fully saturated rings. The largest absolute Gasteiger partial charge is 0.472 e. The van der Waals surface area contributed by atoms with Crippen molar-refractivity contribution in [3.63, 3.8) is 0 Å². The van der Waals surface area contributed by atoms with E-state index in [0.29, 0.717) is 31.8 Å². The number of ether oxygens (including phenoxy) is 1. The summed E-state index contributed by atoms with van der Waals surface area (Å²) in [6, 6.07) is 1.69. The highest BCUT2D eigenvalue weighted by molar-refractivity contribution is 5.94. The van der Waals surface area contributed by atoms with Gasteiger partial charge >= 0.3 is 0 Å². The topological polar surface area (TPSA) is 63.0 Å². The predicted octanol–water partition coefficient (Wildman–Crippen LogP) is 1.77. The van der Waals surface area contributed by atoms with Gasteiger partial charge in [0.2, 0.25) is 5.91 Å². The van der Waals surface area contributed by atoms with E-state index in [4.69, 9.17) is 9.15 Å². The molecule has 126 valence electrons. The lowest BCUT2D eigenvalue weighted by Gasteiger charge is -2.46. The number of carbonyl (C=O) groups excluding carboxylic acids is 2. The summed E-state index contributed by atoms with van der Waals surface area (Å²) in [5.74, 6) is 0.240. The van der Waals surface area contributed by atoms with Crippen LogP contribution in [-0.2, 0) is 9.53 Å². The maximum absolute atomic E-state index is 12.9. The minimum atomic E-state index is -0.279. The minimum absolute atomic E-state index is 0.00639. The Hall–Kier alpha value is -1.82. The van der Waals surface area contributed by atoms with Crippen LogP contribution in [0.15, 0.2) is 23.0 Å². The molecule has 6 heteroatoms. The fraction of sp³-hybridized carbons (Fsp3) is 0.647. The first-order valence-electron chi connectivity index (χ1n) is 8.26. The van der Waals surface area contributed by atoms with Gasteiger partial charge in [0.25, 0.3) is 5.91 Å². The van der Waals surface area contributed by atoms with E-state index in [9.17, 15) is 9.59 Å². The maximum atomic E-state index is 12.9. The Bertz CT molecular complexity index is 547. The Balaban J connectivity index is 1.62. The minimum Gasteiger partial charge on any atom is -0.472 e. The van der Waals surface area contributed by atoms with Crippen LogP contribution < -0.4 is 0 Å². The Kier molecular flexibility index (Phi) is 4.71. The molecule has 0 N–H and O–H groups in total. The number of likely N-dealkylation sites (tertiary alicyclic amines) is 2. The van der Waals surface area contributed by atoms with Crippen molar-refractivity contribution in [1.29, 1.82) is 0 Å². The van der Waals surface area contributed by atoms with Crippen LogP contribution >= 0.6 is 0 Å². The van der Waals surface area contributed by atoms with Crippen molar-refractivity contribution in [2.24, 2.45) is 5.41 Å². The van der Waals surface area contributed by atoms with E-state index in [1.807, 2.05) is 9.80 Å². The molecule has 2 amide bonds. The summed E-state index contributed by atoms with van der Waals surface area (Å²) in [5.41, 5.74) is 0.303. The van der Waals surface area contributed by atoms with Crippen molar-refractivity contribution in [1.82, 2.24) is 9.80 Å². The predicted molar refractivity (Wildman–Crippen MR) is 84.0 cm³/mol. The van der Waals surface area contributed by atoms with Crippen LogP contribution in [0.3, 0.4) is 0 Å². The number of piperidine rings is 2. The van der Waals surface area contributed by atoms with E-state index >= 15 is 0 Å². The van der Waals surface area contributed by atoms with E-state index in [2.05, 4.69) is 0 Å². The molecule has 1 aromatic heterocycles. The number of amides is 2. The first-order chi connectivity index (χ1) is 11.2. The van der Waals surface area contributed by atoms with E-state index in [0.717, 1.165) is 32.2 Å². The number of rotatable bonds is 4. The van der Waals surface area contributed by atoms with Gasteiger partial charge in [0, 0.05) is 33.3 Å². The molecule has 0 saturated carbocycles. The number of hydrogen-bond donors (Lipinski definition) is 0. The van der Waals surface area contributed by atoms with Gasteiger partial charge in [-0.2, -0.15) is 0 Å². The van der Waals surface area contributed by atoms with Crippen molar-refractivity contribution in [3.8, 4) is 0 Å². The molecule has 2 saturated heterocycles. The SMILES string of the molecule is COCCN1CCCC2(CCN(C(=O)c3ccoc3)CC2)C1=O. The molecule has 23 heavy (non-hydrogen) atoms.